The predicted molar refractivity (Wildman–Crippen MR) is 78.6 cm³/mol. The Morgan fingerprint density at radius 3 is 2.11 bits per heavy atom. The van der Waals surface area contributed by atoms with Gasteiger partial charge in [-0.3, -0.25) is 0 Å². The van der Waals surface area contributed by atoms with Crippen LogP contribution in [0, 0.1) is 11.8 Å². The van der Waals surface area contributed by atoms with Crippen molar-refractivity contribution in [3.63, 3.8) is 0 Å². The van der Waals surface area contributed by atoms with Gasteiger partial charge in [0.2, 0.25) is 0 Å². The van der Waals surface area contributed by atoms with Gasteiger partial charge in [0, 0.05) is 12.0 Å². The average Bonchev–Trinajstić information content (AvgIpc) is 2.58. The third kappa shape index (κ3) is 4.55. The lowest BCUT2D eigenvalue weighted by molar-refractivity contribution is 0.0486. The highest BCUT2D eigenvalue weighted by molar-refractivity contribution is 4.90. The molecule has 1 saturated heterocycles. The van der Waals surface area contributed by atoms with Crippen molar-refractivity contribution in [3.8, 4) is 0 Å². The van der Waals surface area contributed by atoms with E-state index in [1.54, 1.807) is 0 Å². The van der Waals surface area contributed by atoms with Crippen LogP contribution in [0.4, 0.5) is 0 Å². The number of nitrogens with two attached hydrogens (primary N) is 1. The van der Waals surface area contributed by atoms with E-state index in [2.05, 4.69) is 27.7 Å². The lowest BCUT2D eigenvalue weighted by atomic mass is 9.82. The molecule has 5 atom stereocenters. The lowest BCUT2D eigenvalue weighted by Gasteiger charge is -2.25. The van der Waals surface area contributed by atoms with Gasteiger partial charge in [-0.2, -0.15) is 0 Å². The third-order valence-electron chi connectivity index (χ3n) is 4.70. The van der Waals surface area contributed by atoms with Gasteiger partial charge >= 0.3 is 0 Å². The molecule has 0 aliphatic carbocycles. The average molecular weight is 255 g/mol. The molecule has 1 rings (SSSR count). The second-order valence-corrected chi connectivity index (χ2v) is 6.20. The molecule has 0 aromatic rings. The van der Waals surface area contributed by atoms with Crippen molar-refractivity contribution in [2.75, 3.05) is 0 Å². The summed E-state index contributed by atoms with van der Waals surface area (Å²) in [5.74, 6) is 1.16. The van der Waals surface area contributed by atoms with E-state index in [0.717, 1.165) is 0 Å². The fraction of sp³-hybridized carbons (Fsp3) is 1.00. The molecular formula is C16H33NO. The molecule has 18 heavy (non-hydrogen) atoms. The number of hydrogen-bond acceptors (Lipinski definition) is 2. The van der Waals surface area contributed by atoms with Crippen LogP contribution in [0.2, 0.25) is 0 Å². The highest BCUT2D eigenvalue weighted by Crippen LogP contribution is 2.35. The number of unbranched alkanes of at least 4 members (excludes halogenated alkanes) is 5. The van der Waals surface area contributed by atoms with Gasteiger partial charge in [-0.05, 0) is 26.2 Å². The van der Waals surface area contributed by atoms with Crippen molar-refractivity contribution in [1.82, 2.24) is 0 Å². The Hall–Kier alpha value is -0.0800. The Morgan fingerprint density at radius 2 is 1.56 bits per heavy atom. The molecule has 2 nitrogen and oxygen atoms in total. The smallest absolute Gasteiger partial charge is 0.0597 e. The molecule has 0 saturated carbocycles. The van der Waals surface area contributed by atoms with Crippen LogP contribution in [0.25, 0.3) is 0 Å². The quantitative estimate of drug-likeness (QED) is 0.662. The van der Waals surface area contributed by atoms with E-state index >= 15 is 0 Å². The normalized spacial score (nSPS) is 33.8. The molecule has 1 aliphatic rings. The molecule has 1 fully saturated rings. The first-order valence-electron chi connectivity index (χ1n) is 7.99. The maximum Gasteiger partial charge on any atom is 0.0597 e. The zero-order chi connectivity index (χ0) is 13.5. The molecule has 0 aromatic heterocycles. The summed E-state index contributed by atoms with van der Waals surface area (Å²) in [4.78, 5) is 0. The fourth-order valence-corrected chi connectivity index (χ4v) is 3.38. The van der Waals surface area contributed by atoms with E-state index in [1.807, 2.05) is 0 Å². The third-order valence-corrected chi connectivity index (χ3v) is 4.70. The van der Waals surface area contributed by atoms with Crippen LogP contribution in [0.3, 0.4) is 0 Å². The fourth-order valence-electron chi connectivity index (χ4n) is 3.38. The standard InChI is InChI=1S/C16H33NO/c1-5-6-7-8-9-10-11-15(17)16-12(2)13(3)18-14(16)4/h12-16H,5-11,17H2,1-4H3. The van der Waals surface area contributed by atoms with Crippen LogP contribution >= 0.6 is 0 Å². The summed E-state index contributed by atoms with van der Waals surface area (Å²) >= 11 is 0. The van der Waals surface area contributed by atoms with Gasteiger partial charge in [-0.15, -0.1) is 0 Å². The minimum Gasteiger partial charge on any atom is -0.375 e. The second kappa shape index (κ2) is 8.16. The Balaban J connectivity index is 2.18. The topological polar surface area (TPSA) is 35.2 Å². The summed E-state index contributed by atoms with van der Waals surface area (Å²) in [6.45, 7) is 8.92. The Labute approximate surface area is 114 Å². The predicted octanol–water partition coefficient (Wildman–Crippen LogP) is 4.12. The molecule has 5 unspecified atom stereocenters. The lowest BCUT2D eigenvalue weighted by Crippen LogP contribution is -2.37. The highest BCUT2D eigenvalue weighted by atomic mass is 16.5. The molecule has 2 heteroatoms. The monoisotopic (exact) mass is 255 g/mol. The van der Waals surface area contributed by atoms with E-state index in [0.29, 0.717) is 30.1 Å². The number of rotatable bonds is 8. The Bertz CT molecular complexity index is 219. The van der Waals surface area contributed by atoms with Crippen molar-refractivity contribution in [1.29, 1.82) is 0 Å². The summed E-state index contributed by atoms with van der Waals surface area (Å²) in [5, 5.41) is 0. The van der Waals surface area contributed by atoms with Crippen LogP contribution in [-0.2, 0) is 4.74 Å². The first kappa shape index (κ1) is 16.0. The van der Waals surface area contributed by atoms with E-state index in [4.69, 9.17) is 10.5 Å². The van der Waals surface area contributed by atoms with Crippen molar-refractivity contribution >= 4 is 0 Å². The van der Waals surface area contributed by atoms with Gasteiger partial charge in [0.15, 0.2) is 0 Å². The van der Waals surface area contributed by atoms with Gasteiger partial charge in [0.25, 0.3) is 0 Å². The molecule has 0 radical (unpaired) electrons. The first-order valence-corrected chi connectivity index (χ1v) is 7.99. The molecule has 1 heterocycles. The molecule has 0 amide bonds. The van der Waals surface area contributed by atoms with Crippen molar-refractivity contribution in [2.45, 2.75) is 90.9 Å². The first-order chi connectivity index (χ1) is 8.57. The van der Waals surface area contributed by atoms with E-state index in [1.165, 1.54) is 44.9 Å². The SMILES string of the molecule is CCCCCCCCC(N)C1C(C)OC(C)C1C. The van der Waals surface area contributed by atoms with Crippen LogP contribution < -0.4 is 5.73 Å². The largest absolute Gasteiger partial charge is 0.375 e. The molecule has 1 aliphatic heterocycles. The molecular weight excluding hydrogens is 222 g/mol. The maximum atomic E-state index is 6.38. The van der Waals surface area contributed by atoms with Gasteiger partial charge in [-0.25, -0.2) is 0 Å². The zero-order valence-electron chi connectivity index (χ0n) is 12.8. The summed E-state index contributed by atoms with van der Waals surface area (Å²) in [6, 6.07) is 0.325. The second-order valence-electron chi connectivity index (χ2n) is 6.20. The Kier molecular flexibility index (Phi) is 7.25. The van der Waals surface area contributed by atoms with Crippen molar-refractivity contribution in [3.05, 3.63) is 0 Å². The number of ether oxygens (including phenoxy) is 1. The van der Waals surface area contributed by atoms with Crippen LogP contribution in [0.1, 0.15) is 72.6 Å². The maximum absolute atomic E-state index is 6.38. The highest BCUT2D eigenvalue weighted by Gasteiger charge is 2.39. The molecule has 0 spiro atoms. The molecule has 0 bridgehead atoms. The molecule has 2 N–H and O–H groups in total. The number of hydrogen-bond donors (Lipinski definition) is 1. The van der Waals surface area contributed by atoms with Crippen molar-refractivity contribution < 1.29 is 4.74 Å². The van der Waals surface area contributed by atoms with Crippen LogP contribution in [-0.4, -0.2) is 18.2 Å². The van der Waals surface area contributed by atoms with Crippen LogP contribution in [0.5, 0.6) is 0 Å². The van der Waals surface area contributed by atoms with Gasteiger partial charge in [0.1, 0.15) is 0 Å². The van der Waals surface area contributed by atoms with Crippen LogP contribution in [0.15, 0.2) is 0 Å². The summed E-state index contributed by atoms with van der Waals surface area (Å²) in [6.07, 6.45) is 9.99. The van der Waals surface area contributed by atoms with Gasteiger partial charge in [-0.1, -0.05) is 52.4 Å². The van der Waals surface area contributed by atoms with E-state index < -0.39 is 0 Å². The summed E-state index contributed by atoms with van der Waals surface area (Å²) in [5.41, 5.74) is 6.38. The summed E-state index contributed by atoms with van der Waals surface area (Å²) < 4.78 is 5.89. The van der Waals surface area contributed by atoms with Gasteiger partial charge in [0.05, 0.1) is 12.2 Å². The summed E-state index contributed by atoms with van der Waals surface area (Å²) in [7, 11) is 0. The van der Waals surface area contributed by atoms with E-state index in [9.17, 15) is 0 Å². The molecule has 0 aromatic carbocycles. The Morgan fingerprint density at radius 1 is 0.944 bits per heavy atom. The minimum atomic E-state index is 0.325. The van der Waals surface area contributed by atoms with E-state index in [-0.39, 0.29) is 0 Å². The van der Waals surface area contributed by atoms with Crippen molar-refractivity contribution in [2.24, 2.45) is 17.6 Å². The van der Waals surface area contributed by atoms with Gasteiger partial charge < -0.3 is 10.5 Å². The zero-order valence-corrected chi connectivity index (χ0v) is 12.8. The minimum absolute atomic E-state index is 0.325. The molecule has 108 valence electrons.